The third-order valence-corrected chi connectivity index (χ3v) is 3.73. The number of ether oxygens (including phenoxy) is 1. The third kappa shape index (κ3) is 4.51. The quantitative estimate of drug-likeness (QED) is 0.731. The fourth-order valence-electron chi connectivity index (χ4n) is 2.32. The van der Waals surface area contributed by atoms with E-state index in [2.05, 4.69) is 37.1 Å². The highest BCUT2D eigenvalue weighted by Crippen LogP contribution is 2.28. The summed E-state index contributed by atoms with van der Waals surface area (Å²) in [5, 5.41) is 0. The standard InChI is InChI=1S/C16H26N2O/c1-13-11-14(7-8-17)5-6-16(13)18(2)9-10-19-12-15-3-4-15/h5-6,11,15H,3-4,7-10,12,17H2,1-2H3. The van der Waals surface area contributed by atoms with Gasteiger partial charge in [-0.3, -0.25) is 0 Å². The van der Waals surface area contributed by atoms with Gasteiger partial charge >= 0.3 is 0 Å². The Hall–Kier alpha value is -1.06. The van der Waals surface area contributed by atoms with Crippen LogP contribution in [-0.4, -0.2) is 33.4 Å². The maximum Gasteiger partial charge on any atom is 0.0641 e. The molecule has 1 saturated carbocycles. The minimum absolute atomic E-state index is 0.712. The molecule has 0 spiro atoms. The molecule has 1 aliphatic rings. The third-order valence-electron chi connectivity index (χ3n) is 3.73. The summed E-state index contributed by atoms with van der Waals surface area (Å²) >= 11 is 0. The van der Waals surface area contributed by atoms with Crippen molar-refractivity contribution in [3.05, 3.63) is 29.3 Å². The molecule has 1 fully saturated rings. The molecule has 1 aromatic rings. The maximum atomic E-state index is 5.69. The van der Waals surface area contributed by atoms with E-state index in [9.17, 15) is 0 Å². The van der Waals surface area contributed by atoms with E-state index in [1.165, 1.54) is 29.7 Å². The molecule has 2 rings (SSSR count). The van der Waals surface area contributed by atoms with E-state index in [1.807, 2.05) is 0 Å². The molecule has 1 aliphatic carbocycles. The molecule has 106 valence electrons. The van der Waals surface area contributed by atoms with Crippen molar-refractivity contribution in [3.63, 3.8) is 0 Å². The summed E-state index contributed by atoms with van der Waals surface area (Å²) in [6.45, 7) is 5.59. The molecule has 0 amide bonds. The van der Waals surface area contributed by atoms with Crippen molar-refractivity contribution in [2.45, 2.75) is 26.2 Å². The van der Waals surface area contributed by atoms with Crippen LogP contribution < -0.4 is 10.6 Å². The minimum atomic E-state index is 0.712. The summed E-state index contributed by atoms with van der Waals surface area (Å²) in [5.41, 5.74) is 9.52. The molecule has 0 heterocycles. The van der Waals surface area contributed by atoms with Crippen LogP contribution in [0.15, 0.2) is 18.2 Å². The van der Waals surface area contributed by atoms with Crippen LogP contribution in [0.25, 0.3) is 0 Å². The van der Waals surface area contributed by atoms with Gasteiger partial charge in [0.1, 0.15) is 0 Å². The molecule has 19 heavy (non-hydrogen) atoms. The number of rotatable bonds is 8. The highest BCUT2D eigenvalue weighted by molar-refractivity contribution is 5.53. The van der Waals surface area contributed by atoms with Gasteiger partial charge in [0.05, 0.1) is 6.61 Å². The van der Waals surface area contributed by atoms with E-state index in [4.69, 9.17) is 10.5 Å². The van der Waals surface area contributed by atoms with Crippen molar-refractivity contribution in [1.82, 2.24) is 0 Å². The lowest BCUT2D eigenvalue weighted by atomic mass is 10.1. The maximum absolute atomic E-state index is 5.69. The lowest BCUT2D eigenvalue weighted by Crippen LogP contribution is -2.23. The van der Waals surface area contributed by atoms with Gasteiger partial charge in [0.2, 0.25) is 0 Å². The Morgan fingerprint density at radius 1 is 1.37 bits per heavy atom. The van der Waals surface area contributed by atoms with Gasteiger partial charge in [-0.25, -0.2) is 0 Å². The summed E-state index contributed by atoms with van der Waals surface area (Å²) in [4.78, 5) is 2.27. The van der Waals surface area contributed by atoms with Crippen molar-refractivity contribution in [3.8, 4) is 0 Å². The van der Waals surface area contributed by atoms with Crippen molar-refractivity contribution in [2.75, 3.05) is 38.3 Å². The Morgan fingerprint density at radius 2 is 2.16 bits per heavy atom. The largest absolute Gasteiger partial charge is 0.379 e. The molecule has 1 aromatic carbocycles. The molecule has 3 heteroatoms. The summed E-state index contributed by atoms with van der Waals surface area (Å²) in [5.74, 6) is 0.850. The van der Waals surface area contributed by atoms with Gasteiger partial charge < -0.3 is 15.4 Å². The van der Waals surface area contributed by atoms with Gasteiger partial charge in [-0.15, -0.1) is 0 Å². The SMILES string of the molecule is Cc1cc(CCN)ccc1N(C)CCOCC1CC1. The average Bonchev–Trinajstić information content (AvgIpc) is 3.19. The average molecular weight is 262 g/mol. The highest BCUT2D eigenvalue weighted by atomic mass is 16.5. The summed E-state index contributed by atoms with van der Waals surface area (Å²) in [6, 6.07) is 6.61. The van der Waals surface area contributed by atoms with Gasteiger partial charge in [-0.1, -0.05) is 12.1 Å². The molecule has 0 saturated heterocycles. The molecule has 0 aromatic heterocycles. The lowest BCUT2D eigenvalue weighted by Gasteiger charge is -2.22. The molecule has 3 nitrogen and oxygen atoms in total. The molecular weight excluding hydrogens is 236 g/mol. The fourth-order valence-corrected chi connectivity index (χ4v) is 2.32. The van der Waals surface area contributed by atoms with Crippen molar-refractivity contribution in [2.24, 2.45) is 11.7 Å². The molecular formula is C16H26N2O. The summed E-state index contributed by atoms with van der Waals surface area (Å²) in [7, 11) is 2.13. The molecule has 0 aliphatic heterocycles. The molecule has 2 N–H and O–H groups in total. The zero-order chi connectivity index (χ0) is 13.7. The van der Waals surface area contributed by atoms with Crippen LogP contribution in [0.5, 0.6) is 0 Å². The summed E-state index contributed by atoms with van der Waals surface area (Å²) < 4.78 is 5.69. The Morgan fingerprint density at radius 3 is 2.79 bits per heavy atom. The van der Waals surface area contributed by atoms with Crippen molar-refractivity contribution < 1.29 is 4.74 Å². The van der Waals surface area contributed by atoms with Gasteiger partial charge in [0.15, 0.2) is 0 Å². The van der Waals surface area contributed by atoms with Crippen molar-refractivity contribution in [1.29, 1.82) is 0 Å². The first-order valence-electron chi connectivity index (χ1n) is 7.29. The second-order valence-corrected chi connectivity index (χ2v) is 5.60. The minimum Gasteiger partial charge on any atom is -0.379 e. The van der Waals surface area contributed by atoms with Gasteiger partial charge in [-0.2, -0.15) is 0 Å². The predicted octanol–water partition coefficient (Wildman–Crippen LogP) is 2.36. The number of anilines is 1. The fraction of sp³-hybridized carbons (Fsp3) is 0.625. The van der Waals surface area contributed by atoms with Crippen LogP contribution in [0.4, 0.5) is 5.69 Å². The van der Waals surface area contributed by atoms with Gasteiger partial charge in [-0.05, 0) is 55.8 Å². The number of nitrogens with zero attached hydrogens (tertiary/aromatic N) is 1. The molecule has 0 bridgehead atoms. The molecule has 0 unspecified atom stereocenters. The highest BCUT2D eigenvalue weighted by Gasteiger charge is 2.21. The number of hydrogen-bond acceptors (Lipinski definition) is 3. The van der Waals surface area contributed by atoms with E-state index < -0.39 is 0 Å². The van der Waals surface area contributed by atoms with E-state index in [0.717, 1.165) is 32.1 Å². The Labute approximate surface area is 116 Å². The first kappa shape index (κ1) is 14.4. The topological polar surface area (TPSA) is 38.5 Å². The van der Waals surface area contributed by atoms with Crippen LogP contribution >= 0.6 is 0 Å². The number of benzene rings is 1. The molecule has 0 atom stereocenters. The Balaban J connectivity index is 1.81. The molecule has 0 radical (unpaired) electrons. The van der Waals surface area contributed by atoms with Crippen LogP contribution in [0.2, 0.25) is 0 Å². The number of aryl methyl sites for hydroxylation is 1. The summed E-state index contributed by atoms with van der Waals surface area (Å²) in [6.07, 6.45) is 3.67. The Kier molecular flexibility index (Phi) is 5.23. The van der Waals surface area contributed by atoms with E-state index in [-0.39, 0.29) is 0 Å². The normalized spacial score (nSPS) is 14.7. The van der Waals surface area contributed by atoms with Crippen LogP contribution in [-0.2, 0) is 11.2 Å². The lowest BCUT2D eigenvalue weighted by molar-refractivity contribution is 0.131. The Bertz CT molecular complexity index is 402. The smallest absolute Gasteiger partial charge is 0.0641 e. The zero-order valence-corrected chi connectivity index (χ0v) is 12.2. The number of nitrogens with two attached hydrogens (primary N) is 1. The van der Waals surface area contributed by atoms with E-state index in [0.29, 0.717) is 6.54 Å². The number of likely N-dealkylation sites (N-methyl/N-ethyl adjacent to an activating group) is 1. The van der Waals surface area contributed by atoms with Crippen LogP contribution in [0.1, 0.15) is 24.0 Å². The predicted molar refractivity (Wildman–Crippen MR) is 80.8 cm³/mol. The van der Waals surface area contributed by atoms with Crippen LogP contribution in [0, 0.1) is 12.8 Å². The van der Waals surface area contributed by atoms with Crippen molar-refractivity contribution >= 4 is 5.69 Å². The monoisotopic (exact) mass is 262 g/mol. The first-order valence-corrected chi connectivity index (χ1v) is 7.29. The van der Waals surface area contributed by atoms with E-state index >= 15 is 0 Å². The second-order valence-electron chi connectivity index (χ2n) is 5.60. The van der Waals surface area contributed by atoms with Crippen LogP contribution in [0.3, 0.4) is 0 Å². The van der Waals surface area contributed by atoms with E-state index in [1.54, 1.807) is 0 Å². The van der Waals surface area contributed by atoms with Gasteiger partial charge in [0, 0.05) is 25.9 Å². The number of hydrogen-bond donors (Lipinski definition) is 1. The zero-order valence-electron chi connectivity index (χ0n) is 12.2. The second kappa shape index (κ2) is 6.92. The van der Waals surface area contributed by atoms with Gasteiger partial charge in [0.25, 0.3) is 0 Å². The first-order chi connectivity index (χ1) is 9.20.